The first-order valence-corrected chi connectivity index (χ1v) is 12.5. The Morgan fingerprint density at radius 3 is 1.15 bits per heavy atom. The Hall–Kier alpha value is -0.550. The summed E-state index contributed by atoms with van der Waals surface area (Å²) in [6.45, 7) is 4.24. The molecule has 0 aliphatic heterocycles. The number of hydrogen-bond donors (Lipinski definition) is 1. The topological polar surface area (TPSA) is 35.8 Å². The van der Waals surface area contributed by atoms with Crippen LogP contribution in [0.1, 0.15) is 142 Å². The quantitative estimate of drug-likeness (QED) is 0.181. The maximum Gasteiger partial charge on any atom is 0.0635 e. The molecule has 27 heavy (non-hydrogen) atoms. The molecule has 160 valence electrons. The molecule has 0 atom stereocenters. The van der Waals surface area contributed by atoms with Crippen molar-refractivity contribution >= 4 is 0 Å². The third-order valence-electron chi connectivity index (χ3n) is 5.62. The van der Waals surface area contributed by atoms with Crippen molar-refractivity contribution in [1.82, 2.24) is 5.32 Å². The number of hydrogen-bond acceptors (Lipinski definition) is 2. The van der Waals surface area contributed by atoms with E-state index in [0.717, 1.165) is 13.1 Å². The van der Waals surface area contributed by atoms with E-state index in [-0.39, 0.29) is 0 Å². The number of nitrogens with one attached hydrogen (secondary N) is 1. The van der Waals surface area contributed by atoms with Crippen LogP contribution < -0.4 is 5.32 Å². The summed E-state index contributed by atoms with van der Waals surface area (Å²) in [6, 6.07) is 2.17. The Bertz CT molecular complexity index is 295. The highest BCUT2D eigenvalue weighted by Gasteiger charge is 1.95. The minimum atomic E-state index is 0.638. The molecule has 1 N–H and O–H groups in total. The minimum Gasteiger partial charge on any atom is -0.316 e. The highest BCUT2D eigenvalue weighted by molar-refractivity contribution is 4.69. The van der Waals surface area contributed by atoms with Crippen molar-refractivity contribution in [2.75, 3.05) is 13.1 Å². The van der Waals surface area contributed by atoms with Gasteiger partial charge in [0.25, 0.3) is 0 Å². The fourth-order valence-corrected chi connectivity index (χ4v) is 3.77. The third kappa shape index (κ3) is 25.5. The van der Waals surface area contributed by atoms with Gasteiger partial charge in [0.15, 0.2) is 0 Å². The molecule has 0 aliphatic carbocycles. The van der Waals surface area contributed by atoms with E-state index in [2.05, 4.69) is 18.3 Å². The molecule has 0 aliphatic rings. The van der Waals surface area contributed by atoms with Crippen LogP contribution in [0.3, 0.4) is 0 Å². The Morgan fingerprint density at radius 2 is 0.815 bits per heavy atom. The number of nitriles is 1. The van der Waals surface area contributed by atoms with Crippen molar-refractivity contribution in [2.24, 2.45) is 0 Å². The largest absolute Gasteiger partial charge is 0.316 e. The molecular formula is C25H50N2. The van der Waals surface area contributed by atoms with Gasteiger partial charge in [0.1, 0.15) is 0 Å². The predicted octanol–water partition coefficient (Wildman–Crippen LogP) is 8.31. The van der Waals surface area contributed by atoms with Gasteiger partial charge < -0.3 is 5.32 Å². The molecule has 2 heteroatoms. The molecule has 0 bridgehead atoms. The lowest BCUT2D eigenvalue weighted by Crippen LogP contribution is -2.15. The molecular weight excluding hydrogens is 328 g/mol. The molecule has 0 radical (unpaired) electrons. The lowest BCUT2D eigenvalue weighted by Gasteiger charge is -2.04. The first kappa shape index (κ1) is 26.4. The van der Waals surface area contributed by atoms with Crippen LogP contribution in [-0.4, -0.2) is 13.1 Å². The van der Waals surface area contributed by atoms with Gasteiger partial charge in [-0.05, 0) is 13.0 Å². The highest BCUT2D eigenvalue weighted by Crippen LogP contribution is 2.14. The van der Waals surface area contributed by atoms with Crippen LogP contribution in [-0.2, 0) is 0 Å². The molecule has 0 aromatic rings. The van der Waals surface area contributed by atoms with E-state index in [1.165, 1.54) is 128 Å². The smallest absolute Gasteiger partial charge is 0.0635 e. The summed E-state index contributed by atoms with van der Waals surface area (Å²) in [7, 11) is 0. The second-order valence-electron chi connectivity index (χ2n) is 8.38. The predicted molar refractivity (Wildman–Crippen MR) is 121 cm³/mol. The zero-order chi connectivity index (χ0) is 19.7. The van der Waals surface area contributed by atoms with Crippen molar-refractivity contribution < 1.29 is 0 Å². The van der Waals surface area contributed by atoms with Crippen molar-refractivity contribution in [3.8, 4) is 6.07 Å². The van der Waals surface area contributed by atoms with Gasteiger partial charge in [-0.1, -0.05) is 129 Å². The van der Waals surface area contributed by atoms with E-state index in [0.29, 0.717) is 6.42 Å². The first-order valence-electron chi connectivity index (χ1n) is 12.5. The summed E-state index contributed by atoms with van der Waals surface area (Å²) in [5.74, 6) is 0. The van der Waals surface area contributed by atoms with Gasteiger partial charge in [0.05, 0.1) is 6.07 Å². The summed E-state index contributed by atoms with van der Waals surface area (Å²) in [5.41, 5.74) is 0. The van der Waals surface area contributed by atoms with Crippen LogP contribution in [0, 0.1) is 11.3 Å². The van der Waals surface area contributed by atoms with E-state index < -0.39 is 0 Å². The number of unbranched alkanes of at least 4 members (excludes halogenated alkanes) is 19. The number of rotatable bonds is 23. The molecule has 0 spiro atoms. The zero-order valence-electron chi connectivity index (χ0n) is 18.7. The van der Waals surface area contributed by atoms with E-state index in [9.17, 15) is 0 Å². The fourth-order valence-electron chi connectivity index (χ4n) is 3.77. The molecule has 0 amide bonds. The van der Waals surface area contributed by atoms with E-state index in [1.807, 2.05) is 0 Å². The van der Waals surface area contributed by atoms with E-state index in [1.54, 1.807) is 0 Å². The Balaban J connectivity index is 2.96. The van der Waals surface area contributed by atoms with Gasteiger partial charge in [-0.2, -0.15) is 5.26 Å². The molecule has 0 unspecified atom stereocenters. The van der Waals surface area contributed by atoms with Crippen molar-refractivity contribution in [1.29, 1.82) is 5.26 Å². The molecule has 2 nitrogen and oxygen atoms in total. The first-order chi connectivity index (χ1) is 13.4. The lowest BCUT2D eigenvalue weighted by molar-refractivity contribution is 0.519. The van der Waals surface area contributed by atoms with E-state index >= 15 is 0 Å². The Morgan fingerprint density at radius 1 is 0.481 bits per heavy atom. The summed E-state index contributed by atoms with van der Waals surface area (Å²) >= 11 is 0. The summed E-state index contributed by atoms with van der Waals surface area (Å²) in [5, 5.41) is 11.8. The molecule has 0 heterocycles. The normalized spacial score (nSPS) is 11.0. The summed E-state index contributed by atoms with van der Waals surface area (Å²) in [4.78, 5) is 0. The van der Waals surface area contributed by atoms with Gasteiger partial charge in [-0.25, -0.2) is 0 Å². The summed E-state index contributed by atoms with van der Waals surface area (Å²) in [6.07, 6.45) is 29.3. The van der Waals surface area contributed by atoms with Crippen LogP contribution in [0.2, 0.25) is 0 Å². The molecule has 0 saturated heterocycles. The van der Waals surface area contributed by atoms with E-state index in [4.69, 9.17) is 5.26 Å². The Kier molecular flexibility index (Phi) is 24.9. The lowest BCUT2D eigenvalue weighted by atomic mass is 10.0. The van der Waals surface area contributed by atoms with Gasteiger partial charge in [-0.15, -0.1) is 0 Å². The molecule has 0 fully saturated rings. The zero-order valence-corrected chi connectivity index (χ0v) is 18.7. The third-order valence-corrected chi connectivity index (χ3v) is 5.62. The second-order valence-corrected chi connectivity index (χ2v) is 8.38. The van der Waals surface area contributed by atoms with Crippen molar-refractivity contribution in [3.05, 3.63) is 0 Å². The molecule has 0 aromatic carbocycles. The maximum absolute atomic E-state index is 8.45. The van der Waals surface area contributed by atoms with Crippen LogP contribution in [0.5, 0.6) is 0 Å². The number of nitrogens with zero attached hydrogens (tertiary/aromatic N) is 1. The molecule has 0 aromatic heterocycles. The average molecular weight is 379 g/mol. The Labute approximate surface area is 171 Å². The molecule has 0 saturated carbocycles. The standard InChI is InChI=1S/C25H50N2/c1-2-3-4-5-6-7-8-9-10-11-12-13-14-15-16-17-18-19-20-21-24-27-25-22-23-26/h27H,2-22,24-25H2,1H3. The van der Waals surface area contributed by atoms with Crippen molar-refractivity contribution in [2.45, 2.75) is 142 Å². The van der Waals surface area contributed by atoms with Crippen LogP contribution >= 0.6 is 0 Å². The van der Waals surface area contributed by atoms with Crippen LogP contribution in [0.15, 0.2) is 0 Å². The monoisotopic (exact) mass is 378 g/mol. The van der Waals surface area contributed by atoms with Crippen LogP contribution in [0.25, 0.3) is 0 Å². The highest BCUT2D eigenvalue weighted by atomic mass is 14.8. The van der Waals surface area contributed by atoms with Crippen LogP contribution in [0.4, 0.5) is 0 Å². The summed E-state index contributed by atoms with van der Waals surface area (Å²) < 4.78 is 0. The minimum absolute atomic E-state index is 0.638. The second kappa shape index (κ2) is 25.4. The SMILES string of the molecule is CCCCCCCCCCCCCCCCCCCCCCNCCC#N. The van der Waals surface area contributed by atoms with Gasteiger partial charge >= 0.3 is 0 Å². The maximum atomic E-state index is 8.45. The van der Waals surface area contributed by atoms with Gasteiger partial charge in [0, 0.05) is 13.0 Å². The van der Waals surface area contributed by atoms with Gasteiger partial charge in [-0.3, -0.25) is 0 Å². The fraction of sp³-hybridized carbons (Fsp3) is 0.960. The average Bonchev–Trinajstić information content (AvgIpc) is 2.68. The van der Waals surface area contributed by atoms with Crippen molar-refractivity contribution in [3.63, 3.8) is 0 Å². The molecule has 0 rings (SSSR count). The van der Waals surface area contributed by atoms with Gasteiger partial charge in [0.2, 0.25) is 0 Å².